The van der Waals surface area contributed by atoms with Crippen LogP contribution in [0.1, 0.15) is 52.2 Å². The van der Waals surface area contributed by atoms with Crippen LogP contribution in [-0.2, 0) is 22.6 Å². The van der Waals surface area contributed by atoms with E-state index in [1.165, 1.54) is 11.1 Å². The molecule has 0 bridgehead atoms. The maximum Gasteiger partial charge on any atom is 0.191 e. The van der Waals surface area contributed by atoms with Gasteiger partial charge in [-0.3, -0.25) is 4.99 Å². The average molecular weight is 364 g/mol. The first-order chi connectivity index (χ1) is 12.5. The molecule has 0 aromatic heterocycles. The van der Waals surface area contributed by atoms with Crippen LogP contribution < -0.4 is 10.6 Å². The number of nitrogens with one attached hydrogen (secondary N) is 2. The number of aliphatic imine (C=N–C) groups is 1. The van der Waals surface area contributed by atoms with E-state index in [0.717, 1.165) is 32.1 Å². The summed E-state index contributed by atoms with van der Waals surface area (Å²) in [5.74, 6) is 1.33. The van der Waals surface area contributed by atoms with Crippen LogP contribution >= 0.6 is 0 Å². The van der Waals surface area contributed by atoms with Crippen LogP contribution in [0.4, 0.5) is 0 Å². The molecule has 1 unspecified atom stereocenters. The molecule has 1 aromatic rings. The maximum atomic E-state index is 5.79. The summed E-state index contributed by atoms with van der Waals surface area (Å²) in [4.78, 5) is 4.30. The number of rotatable bonds is 11. The first-order valence-corrected chi connectivity index (χ1v) is 9.71. The molecule has 0 aliphatic rings. The molecule has 0 aliphatic carbocycles. The Morgan fingerprint density at radius 1 is 1.08 bits per heavy atom. The van der Waals surface area contributed by atoms with Gasteiger partial charge >= 0.3 is 0 Å². The summed E-state index contributed by atoms with van der Waals surface area (Å²) in [6.45, 7) is 13.5. The highest BCUT2D eigenvalue weighted by Crippen LogP contribution is 2.10. The van der Waals surface area contributed by atoms with E-state index in [4.69, 9.17) is 9.47 Å². The molecule has 1 rings (SSSR count). The van der Waals surface area contributed by atoms with Gasteiger partial charge in [-0.2, -0.15) is 0 Å². The van der Waals surface area contributed by atoms with Gasteiger partial charge in [0.1, 0.15) is 0 Å². The van der Waals surface area contributed by atoms with Crippen molar-refractivity contribution in [3.63, 3.8) is 0 Å². The zero-order valence-electron chi connectivity index (χ0n) is 17.3. The minimum absolute atomic E-state index is 0.242. The van der Waals surface area contributed by atoms with Crippen molar-refractivity contribution in [2.75, 3.05) is 20.2 Å². The summed E-state index contributed by atoms with van der Waals surface area (Å²) in [5.41, 5.74) is 2.41. The first kappa shape index (κ1) is 22.5. The minimum Gasteiger partial charge on any atom is -0.378 e. The summed E-state index contributed by atoms with van der Waals surface area (Å²) >= 11 is 0. The number of hydrogen-bond donors (Lipinski definition) is 2. The second-order valence-electron chi connectivity index (χ2n) is 7.06. The molecule has 148 valence electrons. The summed E-state index contributed by atoms with van der Waals surface area (Å²) in [5, 5.41) is 6.74. The minimum atomic E-state index is 0.242. The van der Waals surface area contributed by atoms with Crippen LogP contribution in [0.15, 0.2) is 29.3 Å². The molecule has 0 spiro atoms. The van der Waals surface area contributed by atoms with Gasteiger partial charge in [-0.25, -0.2) is 0 Å². The molecule has 0 saturated heterocycles. The van der Waals surface area contributed by atoms with Gasteiger partial charge in [0.25, 0.3) is 0 Å². The molecule has 5 heteroatoms. The molecule has 0 fully saturated rings. The normalized spacial score (nSPS) is 13.3. The van der Waals surface area contributed by atoms with Gasteiger partial charge in [0.05, 0.1) is 18.8 Å². The van der Waals surface area contributed by atoms with Gasteiger partial charge in [0, 0.05) is 26.7 Å². The molecule has 1 atom stereocenters. The highest BCUT2D eigenvalue weighted by atomic mass is 16.5. The van der Waals surface area contributed by atoms with E-state index in [1.54, 1.807) is 7.05 Å². The molecule has 2 N–H and O–H groups in total. The largest absolute Gasteiger partial charge is 0.378 e. The van der Waals surface area contributed by atoms with Gasteiger partial charge in [-0.1, -0.05) is 38.1 Å². The van der Waals surface area contributed by atoms with Crippen LogP contribution in [0.25, 0.3) is 0 Å². The van der Waals surface area contributed by atoms with Crippen molar-refractivity contribution in [2.24, 2.45) is 10.9 Å². The molecule has 0 aliphatic heterocycles. The molecule has 0 heterocycles. The van der Waals surface area contributed by atoms with Gasteiger partial charge in [-0.05, 0) is 44.2 Å². The van der Waals surface area contributed by atoms with Crippen molar-refractivity contribution in [2.45, 2.75) is 66.4 Å². The second-order valence-corrected chi connectivity index (χ2v) is 7.06. The van der Waals surface area contributed by atoms with E-state index in [1.807, 2.05) is 6.92 Å². The first-order valence-electron chi connectivity index (χ1n) is 9.71. The Kier molecular flexibility index (Phi) is 11.0. The van der Waals surface area contributed by atoms with Crippen molar-refractivity contribution >= 4 is 5.96 Å². The van der Waals surface area contributed by atoms with Crippen LogP contribution in [0.5, 0.6) is 0 Å². The third kappa shape index (κ3) is 9.20. The predicted molar refractivity (Wildman–Crippen MR) is 109 cm³/mol. The Morgan fingerprint density at radius 3 is 2.42 bits per heavy atom. The average Bonchev–Trinajstić information content (AvgIpc) is 2.62. The third-order valence-electron chi connectivity index (χ3n) is 4.10. The smallest absolute Gasteiger partial charge is 0.191 e. The van der Waals surface area contributed by atoms with Crippen LogP contribution in [0, 0.1) is 5.92 Å². The Bertz CT molecular complexity index is 530. The zero-order valence-corrected chi connectivity index (χ0v) is 17.3. The van der Waals surface area contributed by atoms with Crippen molar-refractivity contribution in [3.8, 4) is 0 Å². The quantitative estimate of drug-likeness (QED) is 0.465. The monoisotopic (exact) mass is 363 g/mol. The van der Waals surface area contributed by atoms with Crippen molar-refractivity contribution < 1.29 is 9.47 Å². The Balaban J connectivity index is 2.43. The van der Waals surface area contributed by atoms with Gasteiger partial charge in [-0.15, -0.1) is 0 Å². The SMILES string of the molecule is CCOC(CCNC(=NC)NCc1cccc(COC(C)C)c1)C(C)C. The van der Waals surface area contributed by atoms with E-state index in [9.17, 15) is 0 Å². The van der Waals surface area contributed by atoms with Crippen LogP contribution in [0.3, 0.4) is 0 Å². The Labute approximate surface area is 159 Å². The fourth-order valence-electron chi connectivity index (χ4n) is 2.65. The van der Waals surface area contributed by atoms with E-state index < -0.39 is 0 Å². The molecule has 0 radical (unpaired) electrons. The third-order valence-corrected chi connectivity index (χ3v) is 4.10. The van der Waals surface area contributed by atoms with Gasteiger partial charge in [0.2, 0.25) is 0 Å². The molecular weight excluding hydrogens is 326 g/mol. The van der Waals surface area contributed by atoms with Crippen LogP contribution in [-0.4, -0.2) is 38.4 Å². The Morgan fingerprint density at radius 2 is 1.81 bits per heavy atom. The molecule has 0 amide bonds. The van der Waals surface area contributed by atoms with Gasteiger partial charge < -0.3 is 20.1 Å². The number of benzene rings is 1. The predicted octanol–water partition coefficient (Wildman–Crippen LogP) is 3.73. The number of guanidine groups is 1. The standard InChI is InChI=1S/C21H37N3O2/c1-7-25-20(16(2)3)11-12-23-21(22-6)24-14-18-9-8-10-19(13-18)15-26-17(4)5/h8-10,13,16-17,20H,7,11-12,14-15H2,1-6H3,(H2,22,23,24). The fraction of sp³-hybridized carbons (Fsp3) is 0.667. The van der Waals surface area contributed by atoms with Crippen molar-refractivity contribution in [1.29, 1.82) is 0 Å². The van der Waals surface area contributed by atoms with E-state index in [-0.39, 0.29) is 12.2 Å². The zero-order chi connectivity index (χ0) is 19.4. The lowest BCUT2D eigenvalue weighted by Gasteiger charge is -2.21. The molecule has 0 saturated carbocycles. The number of hydrogen-bond acceptors (Lipinski definition) is 3. The lowest BCUT2D eigenvalue weighted by Crippen LogP contribution is -2.38. The van der Waals surface area contributed by atoms with E-state index in [0.29, 0.717) is 12.5 Å². The lowest BCUT2D eigenvalue weighted by atomic mass is 10.0. The summed E-state index contributed by atoms with van der Waals surface area (Å²) in [6.07, 6.45) is 1.49. The highest BCUT2D eigenvalue weighted by molar-refractivity contribution is 5.79. The Hall–Kier alpha value is -1.59. The fourth-order valence-corrected chi connectivity index (χ4v) is 2.65. The van der Waals surface area contributed by atoms with E-state index in [2.05, 4.69) is 67.6 Å². The number of ether oxygens (including phenoxy) is 2. The van der Waals surface area contributed by atoms with Gasteiger partial charge in [0.15, 0.2) is 5.96 Å². The van der Waals surface area contributed by atoms with Crippen molar-refractivity contribution in [1.82, 2.24) is 10.6 Å². The number of nitrogens with zero attached hydrogens (tertiary/aromatic N) is 1. The topological polar surface area (TPSA) is 54.9 Å². The maximum absolute atomic E-state index is 5.79. The molecule has 26 heavy (non-hydrogen) atoms. The second kappa shape index (κ2) is 12.7. The molecule has 5 nitrogen and oxygen atoms in total. The summed E-state index contributed by atoms with van der Waals surface area (Å²) < 4.78 is 11.5. The molecular formula is C21H37N3O2. The molecule has 1 aromatic carbocycles. The highest BCUT2D eigenvalue weighted by Gasteiger charge is 2.12. The lowest BCUT2D eigenvalue weighted by molar-refractivity contribution is 0.0258. The van der Waals surface area contributed by atoms with Crippen molar-refractivity contribution in [3.05, 3.63) is 35.4 Å². The van der Waals surface area contributed by atoms with Crippen LogP contribution in [0.2, 0.25) is 0 Å². The summed E-state index contributed by atoms with van der Waals surface area (Å²) in [7, 11) is 1.80. The summed E-state index contributed by atoms with van der Waals surface area (Å²) in [6, 6.07) is 8.45. The van der Waals surface area contributed by atoms with E-state index >= 15 is 0 Å².